The number of rotatable bonds is 9. The van der Waals surface area contributed by atoms with E-state index in [-0.39, 0.29) is 18.0 Å². The topological polar surface area (TPSA) is 77.2 Å². The van der Waals surface area contributed by atoms with Crippen LogP contribution in [0.2, 0.25) is 5.02 Å². The maximum atomic E-state index is 13.2. The monoisotopic (exact) mass is 523 g/mol. The Hall–Kier alpha value is -4.42. The second-order valence-corrected chi connectivity index (χ2v) is 9.60. The highest BCUT2D eigenvalue weighted by atomic mass is 35.5. The molecule has 0 aliphatic heterocycles. The SMILES string of the molecule is O=C(C[C@@H](c1ccccc1Cl)c1cn(Cc2ccccc2)c2ccc([N+](=O)[O-])cc12)NCc1ccccc1. The zero-order valence-corrected chi connectivity index (χ0v) is 21.3. The van der Waals surface area contributed by atoms with Crippen molar-refractivity contribution in [3.05, 3.63) is 147 Å². The third kappa shape index (κ3) is 5.61. The van der Waals surface area contributed by atoms with Gasteiger partial charge in [-0.25, -0.2) is 0 Å². The molecule has 1 atom stereocenters. The fourth-order valence-electron chi connectivity index (χ4n) is 4.81. The lowest BCUT2D eigenvalue weighted by atomic mass is 9.87. The average molecular weight is 524 g/mol. The van der Waals surface area contributed by atoms with Gasteiger partial charge in [-0.3, -0.25) is 14.9 Å². The molecular weight excluding hydrogens is 498 g/mol. The molecule has 5 aromatic rings. The van der Waals surface area contributed by atoms with Crippen LogP contribution in [0.25, 0.3) is 10.9 Å². The molecule has 38 heavy (non-hydrogen) atoms. The van der Waals surface area contributed by atoms with Gasteiger partial charge in [0.15, 0.2) is 0 Å². The summed E-state index contributed by atoms with van der Waals surface area (Å²) in [5.74, 6) is -0.533. The van der Waals surface area contributed by atoms with Crippen LogP contribution < -0.4 is 5.32 Å². The summed E-state index contributed by atoms with van der Waals surface area (Å²) in [5.41, 5.74) is 4.59. The highest BCUT2D eigenvalue weighted by Gasteiger charge is 2.26. The lowest BCUT2D eigenvalue weighted by Gasteiger charge is -2.18. The molecule has 0 aliphatic carbocycles. The van der Waals surface area contributed by atoms with E-state index in [2.05, 4.69) is 9.88 Å². The number of nitro groups is 1. The Kier molecular flexibility index (Phi) is 7.52. The summed E-state index contributed by atoms with van der Waals surface area (Å²) in [6, 6.07) is 32.1. The van der Waals surface area contributed by atoms with Gasteiger partial charge in [-0.1, -0.05) is 90.5 Å². The molecule has 1 heterocycles. The van der Waals surface area contributed by atoms with E-state index < -0.39 is 10.8 Å². The molecule has 1 aromatic heterocycles. The van der Waals surface area contributed by atoms with E-state index in [0.29, 0.717) is 18.1 Å². The zero-order valence-electron chi connectivity index (χ0n) is 20.6. The van der Waals surface area contributed by atoms with E-state index in [0.717, 1.165) is 33.2 Å². The fourth-order valence-corrected chi connectivity index (χ4v) is 5.08. The van der Waals surface area contributed by atoms with Crippen molar-refractivity contribution < 1.29 is 9.72 Å². The minimum Gasteiger partial charge on any atom is -0.352 e. The van der Waals surface area contributed by atoms with Crippen LogP contribution in [-0.4, -0.2) is 15.4 Å². The second-order valence-electron chi connectivity index (χ2n) is 9.20. The lowest BCUT2D eigenvalue weighted by Crippen LogP contribution is -2.25. The minimum absolute atomic E-state index is 0.00245. The Balaban J connectivity index is 1.57. The third-order valence-electron chi connectivity index (χ3n) is 6.68. The number of benzene rings is 4. The van der Waals surface area contributed by atoms with Gasteiger partial charge in [-0.2, -0.15) is 0 Å². The molecule has 190 valence electrons. The molecule has 0 saturated heterocycles. The molecule has 1 N–H and O–H groups in total. The van der Waals surface area contributed by atoms with Crippen molar-refractivity contribution in [2.24, 2.45) is 0 Å². The first-order valence-electron chi connectivity index (χ1n) is 12.4. The van der Waals surface area contributed by atoms with Crippen LogP contribution in [-0.2, 0) is 17.9 Å². The number of halogens is 1. The first-order valence-corrected chi connectivity index (χ1v) is 12.7. The lowest BCUT2D eigenvalue weighted by molar-refractivity contribution is -0.384. The average Bonchev–Trinajstić information content (AvgIpc) is 3.29. The summed E-state index contributed by atoms with van der Waals surface area (Å²) in [4.78, 5) is 24.5. The molecule has 6 nitrogen and oxygen atoms in total. The predicted octanol–water partition coefficient (Wildman–Crippen LogP) is 7.09. The molecule has 0 saturated carbocycles. The number of carbonyl (C=O) groups is 1. The van der Waals surface area contributed by atoms with Gasteiger partial charge in [0.25, 0.3) is 5.69 Å². The van der Waals surface area contributed by atoms with Crippen molar-refractivity contribution in [1.29, 1.82) is 0 Å². The number of non-ortho nitro benzene ring substituents is 1. The van der Waals surface area contributed by atoms with Gasteiger partial charge in [0, 0.05) is 59.7 Å². The van der Waals surface area contributed by atoms with Crippen LogP contribution >= 0.6 is 11.6 Å². The molecule has 4 aromatic carbocycles. The van der Waals surface area contributed by atoms with Crippen LogP contribution in [0.1, 0.15) is 34.6 Å². The van der Waals surface area contributed by atoms with Gasteiger partial charge in [-0.05, 0) is 34.4 Å². The van der Waals surface area contributed by atoms with Gasteiger partial charge >= 0.3 is 0 Å². The first-order chi connectivity index (χ1) is 18.5. The Labute approximate surface area is 225 Å². The molecule has 0 spiro atoms. The molecule has 5 rings (SSSR count). The molecular formula is C31H26ClN3O3. The summed E-state index contributed by atoms with van der Waals surface area (Å²) in [6.45, 7) is 1.00. The van der Waals surface area contributed by atoms with Gasteiger partial charge in [-0.15, -0.1) is 0 Å². The molecule has 0 radical (unpaired) electrons. The van der Waals surface area contributed by atoms with Gasteiger partial charge in [0.2, 0.25) is 5.91 Å². The highest BCUT2D eigenvalue weighted by molar-refractivity contribution is 6.31. The van der Waals surface area contributed by atoms with Crippen molar-refractivity contribution in [2.75, 3.05) is 0 Å². The maximum Gasteiger partial charge on any atom is 0.270 e. The Morgan fingerprint density at radius 2 is 1.53 bits per heavy atom. The summed E-state index contributed by atoms with van der Waals surface area (Å²) < 4.78 is 2.08. The number of nitrogens with one attached hydrogen (secondary N) is 1. The summed E-state index contributed by atoms with van der Waals surface area (Å²) in [6.07, 6.45) is 2.14. The number of nitro benzene ring substituents is 1. The van der Waals surface area contributed by atoms with E-state index in [1.165, 1.54) is 6.07 Å². The molecule has 0 bridgehead atoms. The van der Waals surface area contributed by atoms with Crippen LogP contribution in [0, 0.1) is 10.1 Å². The maximum absolute atomic E-state index is 13.2. The van der Waals surface area contributed by atoms with E-state index in [1.54, 1.807) is 18.2 Å². The van der Waals surface area contributed by atoms with E-state index >= 15 is 0 Å². The Morgan fingerprint density at radius 3 is 2.21 bits per heavy atom. The van der Waals surface area contributed by atoms with Crippen molar-refractivity contribution in [3.63, 3.8) is 0 Å². The number of amides is 1. The van der Waals surface area contributed by atoms with Crippen molar-refractivity contribution >= 4 is 34.1 Å². The van der Waals surface area contributed by atoms with E-state index in [1.807, 2.05) is 85.1 Å². The predicted molar refractivity (Wildman–Crippen MR) is 150 cm³/mol. The van der Waals surface area contributed by atoms with Crippen LogP contribution in [0.5, 0.6) is 0 Å². The van der Waals surface area contributed by atoms with Crippen molar-refractivity contribution in [2.45, 2.75) is 25.4 Å². The summed E-state index contributed by atoms with van der Waals surface area (Å²) in [5, 5.41) is 16.0. The number of fused-ring (bicyclic) bond motifs is 1. The van der Waals surface area contributed by atoms with Crippen molar-refractivity contribution in [1.82, 2.24) is 9.88 Å². The zero-order chi connectivity index (χ0) is 26.5. The summed E-state index contributed by atoms with van der Waals surface area (Å²) >= 11 is 6.65. The van der Waals surface area contributed by atoms with E-state index in [4.69, 9.17) is 11.6 Å². The van der Waals surface area contributed by atoms with Crippen LogP contribution in [0.15, 0.2) is 109 Å². The second kappa shape index (κ2) is 11.3. The smallest absolute Gasteiger partial charge is 0.270 e. The van der Waals surface area contributed by atoms with Gasteiger partial charge in [0.1, 0.15) is 0 Å². The quantitative estimate of drug-likeness (QED) is 0.165. The normalized spacial score (nSPS) is 11.8. The molecule has 0 aliphatic rings. The molecule has 7 heteroatoms. The first kappa shape index (κ1) is 25.2. The molecule has 1 amide bonds. The number of hydrogen-bond acceptors (Lipinski definition) is 3. The largest absolute Gasteiger partial charge is 0.352 e. The Morgan fingerprint density at radius 1 is 0.868 bits per heavy atom. The number of aromatic nitrogens is 1. The van der Waals surface area contributed by atoms with Gasteiger partial charge < -0.3 is 9.88 Å². The van der Waals surface area contributed by atoms with Crippen LogP contribution in [0.4, 0.5) is 5.69 Å². The van der Waals surface area contributed by atoms with Crippen LogP contribution in [0.3, 0.4) is 0 Å². The number of hydrogen-bond donors (Lipinski definition) is 1. The number of carbonyl (C=O) groups excluding carboxylic acids is 1. The molecule has 0 fully saturated rings. The standard InChI is InChI=1S/C31H26ClN3O3/c32-29-14-8-7-13-25(29)26(18-31(36)33-19-22-9-3-1-4-10-22)28-21-34(20-23-11-5-2-6-12-23)30-16-15-24(35(37)38)17-27(28)30/h1-17,21,26H,18-20H2,(H,33,36)/t26-/m0/s1. The number of nitrogens with zero attached hydrogens (tertiary/aromatic N) is 2. The third-order valence-corrected chi connectivity index (χ3v) is 7.02. The van der Waals surface area contributed by atoms with Crippen molar-refractivity contribution in [3.8, 4) is 0 Å². The molecule has 0 unspecified atom stereocenters. The highest BCUT2D eigenvalue weighted by Crippen LogP contribution is 2.39. The fraction of sp³-hybridized carbons (Fsp3) is 0.129. The Bertz CT molecular complexity index is 1580. The minimum atomic E-state index is -0.402. The van der Waals surface area contributed by atoms with E-state index in [9.17, 15) is 14.9 Å². The summed E-state index contributed by atoms with van der Waals surface area (Å²) in [7, 11) is 0. The van der Waals surface area contributed by atoms with Gasteiger partial charge in [0.05, 0.1) is 4.92 Å².